The zero-order chi connectivity index (χ0) is 26.9. The van der Waals surface area contributed by atoms with Gasteiger partial charge in [0, 0.05) is 29.6 Å². The molecular formula is C30H34Cl2N2O3. The van der Waals surface area contributed by atoms with Gasteiger partial charge >= 0.3 is 0 Å². The molecule has 0 heterocycles. The minimum absolute atomic E-state index is 0.174. The van der Waals surface area contributed by atoms with Crippen LogP contribution in [0.4, 0.5) is 0 Å². The number of benzene rings is 3. The van der Waals surface area contributed by atoms with Crippen molar-refractivity contribution in [2.24, 2.45) is 5.92 Å². The first-order valence-electron chi connectivity index (χ1n) is 12.4. The van der Waals surface area contributed by atoms with E-state index in [2.05, 4.69) is 5.32 Å². The number of rotatable bonds is 11. The molecule has 0 spiro atoms. The van der Waals surface area contributed by atoms with Crippen molar-refractivity contribution < 1.29 is 14.3 Å². The van der Waals surface area contributed by atoms with E-state index in [0.717, 1.165) is 22.3 Å². The molecule has 3 aromatic rings. The number of amides is 2. The average molecular weight is 542 g/mol. The predicted octanol–water partition coefficient (Wildman–Crippen LogP) is 6.40. The van der Waals surface area contributed by atoms with Crippen LogP contribution in [-0.2, 0) is 22.6 Å². The molecule has 7 heteroatoms. The minimum atomic E-state index is -0.748. The molecule has 0 saturated carbocycles. The fourth-order valence-corrected chi connectivity index (χ4v) is 4.31. The van der Waals surface area contributed by atoms with Crippen molar-refractivity contribution in [3.05, 3.63) is 99.0 Å². The number of ether oxygens (including phenoxy) is 1. The highest BCUT2D eigenvalue weighted by Crippen LogP contribution is 2.26. The second kappa shape index (κ2) is 13.5. The molecule has 196 valence electrons. The fraction of sp³-hybridized carbons (Fsp3) is 0.333. The van der Waals surface area contributed by atoms with E-state index < -0.39 is 6.04 Å². The Morgan fingerprint density at radius 3 is 2.19 bits per heavy atom. The summed E-state index contributed by atoms with van der Waals surface area (Å²) < 4.78 is 5.90. The van der Waals surface area contributed by atoms with Gasteiger partial charge in [0.2, 0.25) is 5.91 Å². The first-order valence-corrected chi connectivity index (χ1v) is 13.1. The summed E-state index contributed by atoms with van der Waals surface area (Å²) in [5, 5.41) is 4.22. The maximum absolute atomic E-state index is 13.7. The van der Waals surface area contributed by atoms with Crippen molar-refractivity contribution >= 4 is 35.0 Å². The van der Waals surface area contributed by atoms with Crippen molar-refractivity contribution in [1.29, 1.82) is 0 Å². The predicted molar refractivity (Wildman–Crippen MR) is 150 cm³/mol. The van der Waals surface area contributed by atoms with Crippen LogP contribution in [0.2, 0.25) is 10.0 Å². The SMILES string of the molecule is Cc1cc(OCC(=O)N(Cc2ccccc2Cl)[C@@H](Cc2ccccc2)C(=O)NCC(C)C)cc(C)c1Cl. The van der Waals surface area contributed by atoms with Crippen LogP contribution in [0.15, 0.2) is 66.7 Å². The van der Waals surface area contributed by atoms with Gasteiger partial charge in [-0.3, -0.25) is 9.59 Å². The Morgan fingerprint density at radius 2 is 1.57 bits per heavy atom. The Morgan fingerprint density at radius 1 is 0.946 bits per heavy atom. The third-order valence-electron chi connectivity index (χ3n) is 6.03. The van der Waals surface area contributed by atoms with Gasteiger partial charge in [0.1, 0.15) is 11.8 Å². The molecule has 2 amide bonds. The number of nitrogens with zero attached hydrogens (tertiary/aromatic N) is 1. The number of carbonyl (C=O) groups is 2. The summed E-state index contributed by atoms with van der Waals surface area (Å²) in [6.07, 6.45) is 0.361. The molecule has 0 bridgehead atoms. The number of nitrogens with one attached hydrogen (secondary N) is 1. The van der Waals surface area contributed by atoms with E-state index >= 15 is 0 Å². The minimum Gasteiger partial charge on any atom is -0.484 e. The Labute approximate surface area is 229 Å². The van der Waals surface area contributed by atoms with Crippen molar-refractivity contribution in [2.45, 2.75) is 46.7 Å². The molecule has 1 N–H and O–H groups in total. The zero-order valence-corrected chi connectivity index (χ0v) is 23.3. The first kappa shape index (κ1) is 28.5. The maximum Gasteiger partial charge on any atom is 0.261 e. The molecule has 1 atom stereocenters. The number of hydrogen-bond acceptors (Lipinski definition) is 3. The molecular weight excluding hydrogens is 507 g/mol. The molecule has 37 heavy (non-hydrogen) atoms. The van der Waals surface area contributed by atoms with Crippen molar-refractivity contribution in [3.8, 4) is 5.75 Å². The lowest BCUT2D eigenvalue weighted by molar-refractivity contribution is -0.142. The lowest BCUT2D eigenvalue weighted by Crippen LogP contribution is -2.52. The molecule has 3 aromatic carbocycles. The highest BCUT2D eigenvalue weighted by Gasteiger charge is 2.31. The molecule has 0 aliphatic heterocycles. The lowest BCUT2D eigenvalue weighted by atomic mass is 10.0. The van der Waals surface area contributed by atoms with E-state index in [0.29, 0.717) is 28.8 Å². The van der Waals surface area contributed by atoms with E-state index in [-0.39, 0.29) is 30.9 Å². The van der Waals surface area contributed by atoms with Crippen LogP contribution in [0, 0.1) is 19.8 Å². The molecule has 0 aliphatic rings. The zero-order valence-electron chi connectivity index (χ0n) is 21.8. The van der Waals surface area contributed by atoms with E-state index in [1.54, 1.807) is 23.1 Å². The van der Waals surface area contributed by atoms with Crippen LogP contribution in [0.5, 0.6) is 5.75 Å². The Balaban J connectivity index is 1.92. The summed E-state index contributed by atoms with van der Waals surface area (Å²) in [4.78, 5) is 28.7. The Kier molecular flexibility index (Phi) is 10.4. The number of aryl methyl sites for hydroxylation is 2. The second-order valence-corrected chi connectivity index (χ2v) is 10.4. The molecule has 0 aliphatic carbocycles. The molecule has 0 radical (unpaired) electrons. The third kappa shape index (κ3) is 8.24. The van der Waals surface area contributed by atoms with Crippen LogP contribution in [-0.4, -0.2) is 35.9 Å². The van der Waals surface area contributed by atoms with Gasteiger partial charge in [0.25, 0.3) is 5.91 Å². The lowest BCUT2D eigenvalue weighted by Gasteiger charge is -2.32. The van der Waals surface area contributed by atoms with Gasteiger partial charge in [-0.2, -0.15) is 0 Å². The third-order valence-corrected chi connectivity index (χ3v) is 6.99. The summed E-state index contributed by atoms with van der Waals surface area (Å²) in [6.45, 7) is 8.30. The Bertz CT molecular complexity index is 1190. The van der Waals surface area contributed by atoms with E-state index in [1.165, 1.54) is 0 Å². The van der Waals surface area contributed by atoms with Crippen molar-refractivity contribution in [2.75, 3.05) is 13.2 Å². The van der Waals surface area contributed by atoms with Gasteiger partial charge in [-0.1, -0.05) is 85.6 Å². The summed E-state index contributed by atoms with van der Waals surface area (Å²) >= 11 is 12.7. The van der Waals surface area contributed by atoms with Gasteiger partial charge in [-0.25, -0.2) is 0 Å². The van der Waals surface area contributed by atoms with E-state index in [1.807, 2.05) is 76.2 Å². The van der Waals surface area contributed by atoms with Crippen LogP contribution in [0.1, 0.15) is 36.1 Å². The highest BCUT2D eigenvalue weighted by molar-refractivity contribution is 6.32. The van der Waals surface area contributed by atoms with E-state index in [9.17, 15) is 9.59 Å². The molecule has 0 saturated heterocycles. The molecule has 0 aromatic heterocycles. The maximum atomic E-state index is 13.7. The molecule has 3 rings (SSSR count). The van der Waals surface area contributed by atoms with Crippen LogP contribution in [0.3, 0.4) is 0 Å². The fourth-order valence-electron chi connectivity index (χ4n) is 4.00. The number of carbonyl (C=O) groups excluding carboxylic acids is 2. The molecule has 0 fully saturated rings. The smallest absolute Gasteiger partial charge is 0.261 e. The van der Waals surface area contributed by atoms with Gasteiger partial charge in [0.05, 0.1) is 0 Å². The highest BCUT2D eigenvalue weighted by atomic mass is 35.5. The quantitative estimate of drug-likeness (QED) is 0.306. The molecule has 0 unspecified atom stereocenters. The largest absolute Gasteiger partial charge is 0.484 e. The first-order chi connectivity index (χ1) is 17.7. The van der Waals surface area contributed by atoms with Crippen molar-refractivity contribution in [1.82, 2.24) is 10.2 Å². The molecule has 5 nitrogen and oxygen atoms in total. The van der Waals surface area contributed by atoms with Crippen molar-refractivity contribution in [3.63, 3.8) is 0 Å². The summed E-state index contributed by atoms with van der Waals surface area (Å²) in [7, 11) is 0. The van der Waals surface area contributed by atoms with Gasteiger partial charge in [-0.15, -0.1) is 0 Å². The van der Waals surface area contributed by atoms with Gasteiger partial charge in [-0.05, 0) is 60.2 Å². The van der Waals surface area contributed by atoms with Crippen LogP contribution >= 0.6 is 23.2 Å². The average Bonchev–Trinajstić information content (AvgIpc) is 2.88. The Hall–Kier alpha value is -3.02. The summed E-state index contributed by atoms with van der Waals surface area (Å²) in [5.41, 5.74) is 3.44. The monoisotopic (exact) mass is 540 g/mol. The number of halogens is 2. The van der Waals surface area contributed by atoms with Crippen LogP contribution in [0.25, 0.3) is 0 Å². The number of hydrogen-bond donors (Lipinski definition) is 1. The summed E-state index contributed by atoms with van der Waals surface area (Å²) in [6, 6.07) is 19.9. The second-order valence-electron chi connectivity index (χ2n) is 9.62. The van der Waals surface area contributed by atoms with Gasteiger partial charge < -0.3 is 15.0 Å². The van der Waals surface area contributed by atoms with E-state index in [4.69, 9.17) is 27.9 Å². The topological polar surface area (TPSA) is 58.6 Å². The normalized spacial score (nSPS) is 11.8. The summed E-state index contributed by atoms with van der Waals surface area (Å²) in [5.74, 6) is 0.296. The standard InChI is InChI=1S/C30H34Cl2N2O3/c1-20(2)17-33-30(36)27(16-23-10-6-5-7-11-23)34(18-24-12-8-9-13-26(24)31)28(35)19-37-25-14-21(3)29(32)22(4)15-25/h5-15,20,27H,16-19H2,1-4H3,(H,33,36)/t27-/m0/s1. The van der Waals surface area contributed by atoms with Gasteiger partial charge in [0.15, 0.2) is 6.61 Å². The van der Waals surface area contributed by atoms with Crippen LogP contribution < -0.4 is 10.1 Å².